The van der Waals surface area contributed by atoms with E-state index in [4.69, 9.17) is 16.9 Å². The maximum atomic E-state index is 12.0. The second kappa shape index (κ2) is 5.07. The summed E-state index contributed by atoms with van der Waals surface area (Å²) < 4.78 is 59.9. The molecular weight excluding hydrogens is 309 g/mol. The largest absolute Gasteiger partial charge is 0.472 e. The van der Waals surface area contributed by atoms with Crippen LogP contribution < -0.4 is 4.72 Å². The first-order valence-electron chi connectivity index (χ1n) is 4.41. The highest BCUT2D eigenvalue weighted by atomic mass is 35.5. The summed E-state index contributed by atoms with van der Waals surface area (Å²) in [5, 5.41) is 8.16. The van der Waals surface area contributed by atoms with Crippen LogP contribution >= 0.6 is 11.6 Å². The van der Waals surface area contributed by atoms with Crippen molar-refractivity contribution < 1.29 is 26.4 Å². The lowest BCUT2D eigenvalue weighted by Gasteiger charge is -2.10. The Morgan fingerprint density at radius 2 is 1.95 bits per heavy atom. The number of halogens is 4. The van der Waals surface area contributed by atoms with E-state index in [1.807, 2.05) is 0 Å². The number of alkyl halides is 3. The predicted octanol–water partition coefficient (Wildman–Crippen LogP) is 1.58. The van der Waals surface area contributed by atoms with Gasteiger partial charge < -0.3 is 0 Å². The van der Waals surface area contributed by atoms with Crippen molar-refractivity contribution in [2.24, 2.45) is 0 Å². The van der Waals surface area contributed by atoms with Gasteiger partial charge in [-0.3, -0.25) is 4.79 Å². The molecule has 0 bridgehead atoms. The first-order valence-corrected chi connectivity index (χ1v) is 6.27. The zero-order valence-electron chi connectivity index (χ0n) is 8.82. The highest BCUT2D eigenvalue weighted by Crippen LogP contribution is 2.23. The molecule has 1 N–H and O–H groups in total. The lowest BCUT2D eigenvalue weighted by Crippen LogP contribution is -2.40. The average molecular weight is 313 g/mol. The maximum Gasteiger partial charge on any atom is 0.472 e. The van der Waals surface area contributed by atoms with E-state index < -0.39 is 32.0 Å². The summed E-state index contributed by atoms with van der Waals surface area (Å²) in [5.41, 5.74) is -0.135. The van der Waals surface area contributed by atoms with E-state index >= 15 is 0 Å². The monoisotopic (exact) mass is 312 g/mol. The van der Waals surface area contributed by atoms with Crippen molar-refractivity contribution >= 4 is 27.5 Å². The van der Waals surface area contributed by atoms with E-state index in [1.165, 1.54) is 6.07 Å². The Morgan fingerprint density at radius 1 is 1.37 bits per heavy atom. The van der Waals surface area contributed by atoms with Gasteiger partial charge >= 0.3 is 12.1 Å². The van der Waals surface area contributed by atoms with Gasteiger partial charge in [-0.2, -0.15) is 18.4 Å². The van der Waals surface area contributed by atoms with Crippen molar-refractivity contribution in [2.45, 2.75) is 11.1 Å². The van der Waals surface area contributed by atoms with Crippen molar-refractivity contribution in [3.8, 4) is 6.07 Å². The van der Waals surface area contributed by atoms with Crippen LogP contribution in [0.15, 0.2) is 23.1 Å². The topological polar surface area (TPSA) is 87.0 Å². The second-order valence-corrected chi connectivity index (χ2v) is 5.25. The SMILES string of the molecule is N#Cc1ccc(Cl)c(S(=O)(=O)NC(=O)C(F)(F)F)c1. The van der Waals surface area contributed by atoms with Gasteiger partial charge in [-0.15, -0.1) is 0 Å². The normalized spacial score (nSPS) is 11.7. The highest BCUT2D eigenvalue weighted by molar-refractivity contribution is 7.90. The Kier molecular flexibility index (Phi) is 4.07. The maximum absolute atomic E-state index is 12.0. The van der Waals surface area contributed by atoms with Gasteiger partial charge in [0.15, 0.2) is 0 Å². The number of amides is 1. The van der Waals surface area contributed by atoms with Gasteiger partial charge in [0.05, 0.1) is 16.7 Å². The van der Waals surface area contributed by atoms with Crippen LogP contribution in [0.4, 0.5) is 13.2 Å². The fourth-order valence-corrected chi connectivity index (χ4v) is 2.51. The van der Waals surface area contributed by atoms with Crippen LogP contribution in [0.1, 0.15) is 5.56 Å². The van der Waals surface area contributed by atoms with Gasteiger partial charge in [-0.1, -0.05) is 11.6 Å². The van der Waals surface area contributed by atoms with E-state index in [0.29, 0.717) is 0 Å². The molecule has 1 rings (SSSR count). The van der Waals surface area contributed by atoms with E-state index in [2.05, 4.69) is 0 Å². The summed E-state index contributed by atoms with van der Waals surface area (Å²) in [7, 11) is -4.81. The van der Waals surface area contributed by atoms with Crippen LogP contribution in [-0.2, 0) is 14.8 Å². The molecule has 0 radical (unpaired) electrons. The molecule has 1 amide bonds. The van der Waals surface area contributed by atoms with Crippen molar-refractivity contribution in [3.63, 3.8) is 0 Å². The van der Waals surface area contributed by atoms with Crippen molar-refractivity contribution in [1.29, 1.82) is 5.26 Å². The number of sulfonamides is 1. The molecule has 0 saturated heterocycles. The molecular formula is C9H4ClF3N2O3S. The Bertz CT molecular complexity index is 664. The molecule has 0 spiro atoms. The lowest BCUT2D eigenvalue weighted by atomic mass is 10.2. The molecule has 0 aliphatic carbocycles. The summed E-state index contributed by atoms with van der Waals surface area (Å²) in [5.74, 6) is -2.65. The van der Waals surface area contributed by atoms with Gasteiger partial charge in [0.25, 0.3) is 10.0 Å². The molecule has 0 saturated carbocycles. The Balaban J connectivity index is 3.22. The van der Waals surface area contributed by atoms with Gasteiger partial charge in [0.2, 0.25) is 0 Å². The highest BCUT2D eigenvalue weighted by Gasteiger charge is 2.41. The van der Waals surface area contributed by atoms with E-state index in [9.17, 15) is 26.4 Å². The Labute approximate surface area is 110 Å². The molecule has 102 valence electrons. The zero-order chi connectivity index (χ0) is 14.8. The van der Waals surface area contributed by atoms with Crippen molar-refractivity contribution in [2.75, 3.05) is 0 Å². The summed E-state index contributed by atoms with van der Waals surface area (Å²) in [6.45, 7) is 0. The summed E-state index contributed by atoms with van der Waals surface area (Å²) in [6.07, 6.45) is -5.35. The van der Waals surface area contributed by atoms with Crippen LogP contribution in [0.25, 0.3) is 0 Å². The third kappa shape index (κ3) is 3.59. The van der Waals surface area contributed by atoms with Gasteiger partial charge in [-0.05, 0) is 18.2 Å². The number of hydrogen-bond donors (Lipinski definition) is 1. The first kappa shape index (κ1) is 15.3. The number of hydrogen-bond acceptors (Lipinski definition) is 4. The van der Waals surface area contributed by atoms with E-state index in [-0.39, 0.29) is 5.56 Å². The summed E-state index contributed by atoms with van der Waals surface area (Å²) in [4.78, 5) is 9.81. The number of carbonyl (C=O) groups is 1. The molecule has 0 aliphatic heterocycles. The smallest absolute Gasteiger partial charge is 0.263 e. The summed E-state index contributed by atoms with van der Waals surface area (Å²) in [6, 6.07) is 4.54. The number of carbonyl (C=O) groups excluding carboxylic acids is 1. The average Bonchev–Trinajstić information content (AvgIpc) is 2.27. The van der Waals surface area contributed by atoms with E-state index in [0.717, 1.165) is 16.9 Å². The fraction of sp³-hybridized carbons (Fsp3) is 0.111. The molecule has 0 aliphatic rings. The molecule has 1 aromatic carbocycles. The fourth-order valence-electron chi connectivity index (χ4n) is 1.01. The number of nitrogens with zero attached hydrogens (tertiary/aromatic N) is 1. The molecule has 0 atom stereocenters. The van der Waals surface area contributed by atoms with Crippen LogP contribution in [-0.4, -0.2) is 20.5 Å². The van der Waals surface area contributed by atoms with Gasteiger partial charge in [0, 0.05) is 0 Å². The Morgan fingerprint density at radius 3 is 2.42 bits per heavy atom. The molecule has 0 heterocycles. The molecule has 1 aromatic rings. The second-order valence-electron chi connectivity index (χ2n) is 3.19. The lowest BCUT2D eigenvalue weighted by molar-refractivity contribution is -0.171. The van der Waals surface area contributed by atoms with Gasteiger partial charge in [-0.25, -0.2) is 13.1 Å². The van der Waals surface area contributed by atoms with Crippen molar-refractivity contribution in [1.82, 2.24) is 4.72 Å². The molecule has 10 heteroatoms. The number of nitrogens with one attached hydrogen (secondary N) is 1. The van der Waals surface area contributed by atoms with Crippen LogP contribution in [0, 0.1) is 11.3 Å². The molecule has 0 aromatic heterocycles. The summed E-state index contributed by atoms with van der Waals surface area (Å²) >= 11 is 5.51. The minimum absolute atomic E-state index is 0.135. The molecule has 5 nitrogen and oxygen atoms in total. The molecule has 0 fully saturated rings. The minimum Gasteiger partial charge on any atom is -0.263 e. The zero-order valence-corrected chi connectivity index (χ0v) is 10.4. The van der Waals surface area contributed by atoms with Crippen molar-refractivity contribution in [3.05, 3.63) is 28.8 Å². The molecule has 19 heavy (non-hydrogen) atoms. The van der Waals surface area contributed by atoms with Crippen LogP contribution in [0.5, 0.6) is 0 Å². The number of nitriles is 1. The third-order valence-corrected chi connectivity index (χ3v) is 3.65. The minimum atomic E-state index is -5.35. The Hall–Kier alpha value is -1.79. The third-order valence-electron chi connectivity index (χ3n) is 1.83. The quantitative estimate of drug-likeness (QED) is 0.898. The first-order chi connectivity index (χ1) is 8.58. The molecule has 0 unspecified atom stereocenters. The van der Waals surface area contributed by atoms with Crippen LogP contribution in [0.2, 0.25) is 5.02 Å². The van der Waals surface area contributed by atoms with Gasteiger partial charge in [0.1, 0.15) is 4.90 Å². The van der Waals surface area contributed by atoms with Crippen LogP contribution in [0.3, 0.4) is 0 Å². The number of rotatable bonds is 2. The predicted molar refractivity (Wildman–Crippen MR) is 57.6 cm³/mol. The standard InChI is InChI=1S/C9H4ClF3N2O3S/c10-6-2-1-5(4-14)3-7(6)19(17,18)15-8(16)9(11,12)13/h1-3H,(H,15,16). The van der Waals surface area contributed by atoms with E-state index in [1.54, 1.807) is 6.07 Å². The number of benzene rings is 1.